The Bertz CT molecular complexity index is 733. The Labute approximate surface area is 129 Å². The normalized spacial score (nSPS) is 10.7. The fourth-order valence-electron chi connectivity index (χ4n) is 1.88. The third kappa shape index (κ3) is 3.34. The zero-order valence-electron chi connectivity index (χ0n) is 10.9. The Kier molecular flexibility index (Phi) is 4.08. The summed E-state index contributed by atoms with van der Waals surface area (Å²) < 4.78 is 0. The molecule has 0 aliphatic carbocycles. The topological polar surface area (TPSA) is 56.0 Å². The van der Waals surface area contributed by atoms with Crippen molar-refractivity contribution in [2.24, 2.45) is 0 Å². The first kappa shape index (κ1) is 13.9. The van der Waals surface area contributed by atoms with Gasteiger partial charge in [-0.25, -0.2) is 4.98 Å². The number of nitro groups is 1. The highest BCUT2D eigenvalue weighted by atomic mass is 32.1. The maximum atomic E-state index is 10.6. The second-order valence-electron chi connectivity index (χ2n) is 4.38. The fourth-order valence-corrected chi connectivity index (χ4v) is 3.38. The lowest BCUT2D eigenvalue weighted by Gasteiger charge is -1.98. The third-order valence-corrected chi connectivity index (χ3v) is 4.69. The number of hydrogen-bond donors (Lipinski definition) is 0. The summed E-state index contributed by atoms with van der Waals surface area (Å²) in [4.78, 5) is 16.0. The number of benzene rings is 1. The number of hydrogen-bond acceptors (Lipinski definition) is 5. The molecule has 0 saturated carbocycles. The molecule has 0 aliphatic rings. The molecule has 0 fully saturated rings. The molecule has 21 heavy (non-hydrogen) atoms. The summed E-state index contributed by atoms with van der Waals surface area (Å²) >= 11 is 3.28. The second kappa shape index (κ2) is 6.15. The summed E-state index contributed by atoms with van der Waals surface area (Å²) in [6, 6.07) is 10.7. The molecule has 0 unspecified atom stereocenters. The average molecular weight is 315 g/mol. The van der Waals surface area contributed by atoms with Crippen molar-refractivity contribution in [2.75, 3.05) is 0 Å². The molecule has 0 saturated heterocycles. The fraction of sp³-hybridized carbons (Fsp3) is 0.0667. The van der Waals surface area contributed by atoms with Crippen molar-refractivity contribution >= 4 is 28.4 Å². The molecule has 3 rings (SSSR count). The van der Waals surface area contributed by atoms with Crippen LogP contribution in [-0.2, 0) is 6.42 Å². The molecule has 1 radical (unpaired) electrons. The first-order chi connectivity index (χ1) is 10.2. The van der Waals surface area contributed by atoms with Crippen LogP contribution in [0, 0.1) is 16.5 Å². The van der Waals surface area contributed by atoms with Gasteiger partial charge in [-0.15, -0.1) is 22.7 Å². The second-order valence-corrected chi connectivity index (χ2v) is 6.22. The van der Waals surface area contributed by atoms with E-state index in [0.717, 1.165) is 22.7 Å². The Morgan fingerprint density at radius 3 is 2.67 bits per heavy atom. The Balaban J connectivity index is 1.64. The maximum Gasteiger partial charge on any atom is 0.269 e. The van der Waals surface area contributed by atoms with Crippen LogP contribution < -0.4 is 0 Å². The zero-order valence-corrected chi connectivity index (χ0v) is 12.6. The number of nitro benzene ring substituents is 1. The molecule has 0 spiro atoms. The number of aromatic nitrogens is 1. The van der Waals surface area contributed by atoms with Crippen LogP contribution in [0.25, 0.3) is 10.6 Å². The van der Waals surface area contributed by atoms with Crippen LogP contribution in [0.2, 0.25) is 0 Å². The predicted molar refractivity (Wildman–Crippen MR) is 85.6 cm³/mol. The summed E-state index contributed by atoms with van der Waals surface area (Å²) in [6.45, 7) is 0. The van der Waals surface area contributed by atoms with Crippen molar-refractivity contribution < 1.29 is 4.92 Å². The zero-order chi connectivity index (χ0) is 14.7. The molecule has 105 valence electrons. The molecule has 4 nitrogen and oxygen atoms in total. The van der Waals surface area contributed by atoms with Crippen molar-refractivity contribution in [2.45, 2.75) is 6.42 Å². The van der Waals surface area contributed by atoms with Crippen molar-refractivity contribution in [1.82, 2.24) is 4.98 Å². The lowest BCUT2D eigenvalue weighted by Crippen LogP contribution is -1.91. The van der Waals surface area contributed by atoms with Gasteiger partial charge in [0.2, 0.25) is 0 Å². The Morgan fingerprint density at radius 2 is 2.00 bits per heavy atom. The van der Waals surface area contributed by atoms with Crippen LogP contribution in [0.1, 0.15) is 10.6 Å². The van der Waals surface area contributed by atoms with E-state index in [1.54, 1.807) is 34.8 Å². The van der Waals surface area contributed by atoms with E-state index in [4.69, 9.17) is 0 Å². The van der Waals surface area contributed by atoms with Crippen LogP contribution in [0.15, 0.2) is 47.2 Å². The van der Waals surface area contributed by atoms with E-state index in [-0.39, 0.29) is 10.6 Å². The van der Waals surface area contributed by atoms with Gasteiger partial charge in [0, 0.05) is 23.9 Å². The molecule has 6 heteroatoms. The van der Waals surface area contributed by atoms with Crippen molar-refractivity contribution in [3.05, 3.63) is 74.3 Å². The van der Waals surface area contributed by atoms with Crippen LogP contribution in [0.4, 0.5) is 5.69 Å². The summed E-state index contributed by atoms with van der Waals surface area (Å²) in [6.07, 6.45) is 2.76. The van der Waals surface area contributed by atoms with Gasteiger partial charge in [0.15, 0.2) is 0 Å². The number of rotatable bonds is 5. The smallest absolute Gasteiger partial charge is 0.258 e. The third-order valence-electron chi connectivity index (χ3n) is 2.96. The number of non-ortho nitro benzene ring substituents is 1. The molecule has 0 atom stereocenters. The highest BCUT2D eigenvalue weighted by molar-refractivity contribution is 7.14. The minimum atomic E-state index is -0.387. The molecular formula is C15H11N2O2S2. The van der Waals surface area contributed by atoms with Gasteiger partial charge in [-0.05, 0) is 23.4 Å². The van der Waals surface area contributed by atoms with Crippen LogP contribution in [0.3, 0.4) is 0 Å². The standard InChI is InChI=1S/C15H11N2O2S2/c18-17(19)12-6-3-11(4-7-12)5-8-15-16-13(10-21-15)14-2-1-9-20-14/h1-4,6-10H,5H2. The van der Waals surface area contributed by atoms with Gasteiger partial charge in [0.25, 0.3) is 5.69 Å². The van der Waals surface area contributed by atoms with Gasteiger partial charge >= 0.3 is 0 Å². The highest BCUT2D eigenvalue weighted by Gasteiger charge is 2.07. The Morgan fingerprint density at radius 1 is 1.19 bits per heavy atom. The molecule has 0 bridgehead atoms. The molecule has 2 aromatic heterocycles. The average Bonchev–Trinajstić information content (AvgIpc) is 3.16. The van der Waals surface area contributed by atoms with Gasteiger partial charge in [-0.2, -0.15) is 0 Å². The van der Waals surface area contributed by atoms with Crippen LogP contribution in [0.5, 0.6) is 0 Å². The van der Waals surface area contributed by atoms with E-state index in [0.29, 0.717) is 0 Å². The lowest BCUT2D eigenvalue weighted by atomic mass is 10.1. The maximum absolute atomic E-state index is 10.6. The first-order valence-electron chi connectivity index (χ1n) is 6.28. The van der Waals surface area contributed by atoms with Gasteiger partial charge in [-0.1, -0.05) is 18.2 Å². The molecular weight excluding hydrogens is 304 g/mol. The Hall–Kier alpha value is -2.05. The summed E-state index contributed by atoms with van der Waals surface area (Å²) in [5.74, 6) is 0. The molecule has 1 aromatic carbocycles. The largest absolute Gasteiger partial charge is 0.269 e. The molecule has 3 aromatic rings. The number of nitrogens with zero attached hydrogens (tertiary/aromatic N) is 2. The van der Waals surface area contributed by atoms with Crippen molar-refractivity contribution in [1.29, 1.82) is 0 Å². The molecule has 0 aliphatic heterocycles. The van der Waals surface area contributed by atoms with Crippen LogP contribution >= 0.6 is 22.7 Å². The van der Waals surface area contributed by atoms with E-state index in [1.807, 2.05) is 23.2 Å². The van der Waals surface area contributed by atoms with Gasteiger partial charge in [-0.3, -0.25) is 10.1 Å². The van der Waals surface area contributed by atoms with E-state index >= 15 is 0 Å². The highest BCUT2D eigenvalue weighted by Crippen LogP contribution is 2.27. The predicted octanol–water partition coefficient (Wildman–Crippen LogP) is 4.57. The minimum absolute atomic E-state index is 0.119. The first-order valence-corrected chi connectivity index (χ1v) is 8.04. The number of thiophene rings is 1. The van der Waals surface area contributed by atoms with E-state index < -0.39 is 0 Å². The monoisotopic (exact) mass is 315 g/mol. The van der Waals surface area contributed by atoms with Crippen molar-refractivity contribution in [3.63, 3.8) is 0 Å². The van der Waals surface area contributed by atoms with Gasteiger partial charge < -0.3 is 0 Å². The number of thiazole rings is 1. The summed E-state index contributed by atoms with van der Waals surface area (Å²) in [5.41, 5.74) is 2.16. The summed E-state index contributed by atoms with van der Waals surface area (Å²) in [7, 11) is 0. The van der Waals surface area contributed by atoms with E-state index in [2.05, 4.69) is 11.1 Å². The van der Waals surface area contributed by atoms with E-state index in [1.165, 1.54) is 17.0 Å². The quantitative estimate of drug-likeness (QED) is 0.511. The summed E-state index contributed by atoms with van der Waals surface area (Å²) in [5, 5.41) is 15.7. The van der Waals surface area contributed by atoms with Crippen LogP contribution in [-0.4, -0.2) is 9.91 Å². The molecule has 0 amide bonds. The minimum Gasteiger partial charge on any atom is -0.258 e. The lowest BCUT2D eigenvalue weighted by molar-refractivity contribution is -0.384. The van der Waals surface area contributed by atoms with Gasteiger partial charge in [0.1, 0.15) is 0 Å². The van der Waals surface area contributed by atoms with E-state index in [9.17, 15) is 10.1 Å². The van der Waals surface area contributed by atoms with Gasteiger partial charge in [0.05, 0.1) is 20.5 Å². The molecule has 0 N–H and O–H groups in total. The SMILES string of the molecule is O=[N+]([O-])c1ccc(C[CH]c2nc(-c3cccs3)cs2)cc1. The van der Waals surface area contributed by atoms with Crippen molar-refractivity contribution in [3.8, 4) is 10.6 Å². The molecule has 2 heterocycles.